The van der Waals surface area contributed by atoms with E-state index < -0.39 is 0 Å². The van der Waals surface area contributed by atoms with Gasteiger partial charge in [0.15, 0.2) is 0 Å². The number of anilines is 1. The molecule has 0 saturated carbocycles. The van der Waals surface area contributed by atoms with Gasteiger partial charge in [-0.05, 0) is 30.7 Å². The van der Waals surface area contributed by atoms with Gasteiger partial charge < -0.3 is 5.43 Å². The quantitative estimate of drug-likeness (QED) is 0.592. The van der Waals surface area contributed by atoms with Crippen molar-refractivity contribution in [2.45, 2.75) is 13.0 Å². The normalized spacial score (nSPS) is 21.1. The SMILES string of the molecule is CC1NNc2ccc(F)cc21. The van der Waals surface area contributed by atoms with E-state index in [-0.39, 0.29) is 11.9 Å². The van der Waals surface area contributed by atoms with Crippen molar-refractivity contribution >= 4 is 5.69 Å². The Morgan fingerprint density at radius 1 is 1.45 bits per heavy atom. The molecule has 1 aliphatic rings. The first-order chi connectivity index (χ1) is 5.27. The molecule has 1 aromatic rings. The lowest BCUT2D eigenvalue weighted by molar-refractivity contribution is 0.620. The van der Waals surface area contributed by atoms with Crippen LogP contribution in [-0.2, 0) is 0 Å². The maximum atomic E-state index is 12.7. The predicted molar refractivity (Wildman–Crippen MR) is 41.6 cm³/mol. The van der Waals surface area contributed by atoms with Crippen molar-refractivity contribution in [3.8, 4) is 0 Å². The summed E-state index contributed by atoms with van der Waals surface area (Å²) in [6, 6.07) is 4.93. The van der Waals surface area contributed by atoms with E-state index in [1.807, 2.05) is 6.92 Å². The van der Waals surface area contributed by atoms with Crippen molar-refractivity contribution in [3.63, 3.8) is 0 Å². The zero-order valence-corrected chi connectivity index (χ0v) is 6.19. The van der Waals surface area contributed by atoms with Crippen molar-refractivity contribution in [3.05, 3.63) is 29.6 Å². The summed E-state index contributed by atoms with van der Waals surface area (Å²) in [6.07, 6.45) is 0. The van der Waals surface area contributed by atoms with E-state index >= 15 is 0 Å². The highest BCUT2D eigenvalue weighted by Gasteiger charge is 2.16. The van der Waals surface area contributed by atoms with Crippen LogP contribution in [0.15, 0.2) is 18.2 Å². The summed E-state index contributed by atoms with van der Waals surface area (Å²) < 4.78 is 12.7. The Morgan fingerprint density at radius 2 is 2.27 bits per heavy atom. The van der Waals surface area contributed by atoms with Gasteiger partial charge >= 0.3 is 0 Å². The topological polar surface area (TPSA) is 24.1 Å². The summed E-state index contributed by atoms with van der Waals surface area (Å²) in [7, 11) is 0. The van der Waals surface area contributed by atoms with Crippen LogP contribution in [0, 0.1) is 5.82 Å². The van der Waals surface area contributed by atoms with Crippen LogP contribution in [0.25, 0.3) is 0 Å². The number of nitrogens with one attached hydrogen (secondary N) is 2. The predicted octanol–water partition coefficient (Wildman–Crippen LogP) is 1.82. The van der Waals surface area contributed by atoms with Crippen LogP contribution in [0.4, 0.5) is 10.1 Å². The first-order valence-corrected chi connectivity index (χ1v) is 3.58. The molecular formula is C8H9FN2. The molecule has 0 aromatic heterocycles. The third-order valence-corrected chi connectivity index (χ3v) is 1.90. The highest BCUT2D eigenvalue weighted by molar-refractivity contribution is 5.55. The molecule has 1 heterocycles. The lowest BCUT2D eigenvalue weighted by atomic mass is 10.1. The number of rotatable bonds is 0. The smallest absolute Gasteiger partial charge is 0.123 e. The summed E-state index contributed by atoms with van der Waals surface area (Å²) >= 11 is 0. The fourth-order valence-corrected chi connectivity index (χ4v) is 1.27. The second kappa shape index (κ2) is 2.20. The molecule has 0 amide bonds. The number of hydrazine groups is 1. The Kier molecular flexibility index (Phi) is 1.32. The second-order valence-electron chi connectivity index (χ2n) is 2.72. The Bertz CT molecular complexity index is 285. The number of fused-ring (bicyclic) bond motifs is 1. The number of benzene rings is 1. The molecule has 2 rings (SSSR count). The minimum atomic E-state index is -0.180. The van der Waals surface area contributed by atoms with Crippen molar-refractivity contribution in [1.29, 1.82) is 0 Å². The molecule has 0 spiro atoms. The van der Waals surface area contributed by atoms with Gasteiger partial charge in [0.1, 0.15) is 5.82 Å². The zero-order valence-electron chi connectivity index (χ0n) is 6.19. The van der Waals surface area contributed by atoms with E-state index in [1.54, 1.807) is 12.1 Å². The van der Waals surface area contributed by atoms with Gasteiger partial charge in [-0.1, -0.05) is 0 Å². The molecule has 11 heavy (non-hydrogen) atoms. The van der Waals surface area contributed by atoms with E-state index in [1.165, 1.54) is 6.07 Å². The molecule has 1 unspecified atom stereocenters. The summed E-state index contributed by atoms with van der Waals surface area (Å²) in [4.78, 5) is 0. The average Bonchev–Trinajstić information content (AvgIpc) is 2.33. The van der Waals surface area contributed by atoms with Crippen LogP contribution in [0.2, 0.25) is 0 Å². The lowest BCUT2D eigenvalue weighted by Gasteiger charge is -2.00. The number of hydrogen-bond donors (Lipinski definition) is 2. The van der Waals surface area contributed by atoms with E-state index in [9.17, 15) is 4.39 Å². The van der Waals surface area contributed by atoms with Gasteiger partial charge in [0, 0.05) is 0 Å². The van der Waals surface area contributed by atoms with Crippen LogP contribution in [0.3, 0.4) is 0 Å². The molecule has 2 nitrogen and oxygen atoms in total. The molecule has 1 atom stereocenters. The zero-order chi connectivity index (χ0) is 7.84. The second-order valence-corrected chi connectivity index (χ2v) is 2.72. The van der Waals surface area contributed by atoms with Crippen LogP contribution in [0.1, 0.15) is 18.5 Å². The fraction of sp³-hybridized carbons (Fsp3) is 0.250. The van der Waals surface area contributed by atoms with Gasteiger partial charge in [-0.2, -0.15) is 0 Å². The summed E-state index contributed by atoms with van der Waals surface area (Å²) in [5.74, 6) is -0.180. The van der Waals surface area contributed by atoms with Crippen molar-refractivity contribution in [1.82, 2.24) is 5.43 Å². The first kappa shape index (κ1) is 6.61. The molecule has 2 N–H and O–H groups in total. The minimum absolute atomic E-state index is 0.180. The molecule has 0 bridgehead atoms. The molecule has 3 heteroatoms. The highest BCUT2D eigenvalue weighted by atomic mass is 19.1. The van der Waals surface area contributed by atoms with E-state index in [0.717, 1.165) is 11.3 Å². The van der Waals surface area contributed by atoms with Gasteiger partial charge in [-0.25, -0.2) is 9.82 Å². The minimum Gasteiger partial charge on any atom is -0.321 e. The maximum absolute atomic E-state index is 12.7. The van der Waals surface area contributed by atoms with Gasteiger partial charge in [-0.3, -0.25) is 0 Å². The molecule has 0 radical (unpaired) electrons. The highest BCUT2D eigenvalue weighted by Crippen LogP contribution is 2.27. The summed E-state index contributed by atoms with van der Waals surface area (Å²) in [5.41, 5.74) is 7.92. The van der Waals surface area contributed by atoms with E-state index in [2.05, 4.69) is 10.9 Å². The molecule has 1 aliphatic heterocycles. The van der Waals surface area contributed by atoms with E-state index in [4.69, 9.17) is 0 Å². The van der Waals surface area contributed by atoms with E-state index in [0.29, 0.717) is 0 Å². The van der Waals surface area contributed by atoms with Crippen molar-refractivity contribution in [2.75, 3.05) is 5.43 Å². The monoisotopic (exact) mass is 152 g/mol. The van der Waals surface area contributed by atoms with Gasteiger partial charge in [0.25, 0.3) is 0 Å². The first-order valence-electron chi connectivity index (χ1n) is 3.58. The van der Waals surface area contributed by atoms with Crippen LogP contribution in [-0.4, -0.2) is 0 Å². The molecule has 0 fully saturated rings. The molecule has 1 aromatic carbocycles. The van der Waals surface area contributed by atoms with Gasteiger partial charge in [-0.15, -0.1) is 0 Å². The Morgan fingerprint density at radius 3 is 3.09 bits per heavy atom. The fourth-order valence-electron chi connectivity index (χ4n) is 1.27. The van der Waals surface area contributed by atoms with Crippen LogP contribution in [0.5, 0.6) is 0 Å². The largest absolute Gasteiger partial charge is 0.321 e. The summed E-state index contributed by atoms with van der Waals surface area (Å²) in [6.45, 7) is 1.98. The van der Waals surface area contributed by atoms with Gasteiger partial charge in [0.05, 0.1) is 11.7 Å². The number of halogens is 1. The summed E-state index contributed by atoms with van der Waals surface area (Å²) in [5, 5.41) is 0. The Balaban J connectivity index is 2.52. The molecule has 58 valence electrons. The van der Waals surface area contributed by atoms with Crippen LogP contribution >= 0.6 is 0 Å². The maximum Gasteiger partial charge on any atom is 0.123 e. The third kappa shape index (κ3) is 0.973. The Labute approximate surface area is 64.4 Å². The van der Waals surface area contributed by atoms with Crippen LogP contribution < -0.4 is 10.9 Å². The number of hydrogen-bond acceptors (Lipinski definition) is 2. The van der Waals surface area contributed by atoms with Crippen molar-refractivity contribution in [2.24, 2.45) is 0 Å². The lowest BCUT2D eigenvalue weighted by Crippen LogP contribution is -2.15. The molecule has 0 saturated heterocycles. The van der Waals surface area contributed by atoms with Crippen molar-refractivity contribution < 1.29 is 4.39 Å². The average molecular weight is 152 g/mol. The molecular weight excluding hydrogens is 143 g/mol. The van der Waals surface area contributed by atoms with Gasteiger partial charge in [0.2, 0.25) is 0 Å². The Hall–Kier alpha value is -1.09. The third-order valence-electron chi connectivity index (χ3n) is 1.90. The standard InChI is InChI=1S/C8H9FN2/c1-5-7-4-6(9)2-3-8(7)11-10-5/h2-5,10-11H,1H3. The molecule has 0 aliphatic carbocycles.